The first-order valence-electron chi connectivity index (χ1n) is 5.19. The highest BCUT2D eigenvalue weighted by Crippen LogP contribution is 2.20. The number of aromatic nitrogens is 2. The first kappa shape index (κ1) is 10.0. The molecule has 0 aliphatic heterocycles. The Kier molecular flexibility index (Phi) is 2.38. The van der Waals surface area contributed by atoms with Gasteiger partial charge in [0.15, 0.2) is 0 Å². The van der Waals surface area contributed by atoms with Crippen LogP contribution in [-0.4, -0.2) is 21.7 Å². The van der Waals surface area contributed by atoms with Crippen LogP contribution in [0.3, 0.4) is 0 Å². The summed E-state index contributed by atoms with van der Waals surface area (Å²) in [5.74, 6) is 0.501. The van der Waals surface area contributed by atoms with Crippen molar-refractivity contribution in [3.05, 3.63) is 11.8 Å². The molecular weight excluding hydrogens is 192 g/mol. The molecular formula is C10H16N4O. The van der Waals surface area contributed by atoms with Gasteiger partial charge in [0.1, 0.15) is 11.9 Å². The van der Waals surface area contributed by atoms with Gasteiger partial charge in [0.05, 0.1) is 0 Å². The van der Waals surface area contributed by atoms with E-state index in [2.05, 4.69) is 10.4 Å². The number of anilines is 1. The first-order chi connectivity index (χ1) is 7.08. The molecule has 1 aromatic rings. The molecule has 0 saturated heterocycles. The Labute approximate surface area is 88.6 Å². The van der Waals surface area contributed by atoms with Crippen molar-refractivity contribution < 1.29 is 4.79 Å². The van der Waals surface area contributed by atoms with E-state index in [0.717, 1.165) is 18.4 Å². The number of hydrogen-bond acceptors (Lipinski definition) is 3. The number of nitrogens with one attached hydrogen (secondary N) is 1. The van der Waals surface area contributed by atoms with E-state index in [1.54, 1.807) is 10.9 Å². The van der Waals surface area contributed by atoms with Crippen LogP contribution in [-0.2, 0) is 4.79 Å². The minimum absolute atomic E-state index is 0.0139. The Bertz CT molecular complexity index is 361. The molecule has 0 radical (unpaired) electrons. The molecule has 1 aliphatic rings. The van der Waals surface area contributed by atoms with Crippen LogP contribution in [0.4, 0.5) is 5.82 Å². The van der Waals surface area contributed by atoms with Gasteiger partial charge in [-0.25, -0.2) is 0 Å². The smallest absolute Gasteiger partial charge is 0.244 e. The van der Waals surface area contributed by atoms with Crippen LogP contribution in [0.2, 0.25) is 0 Å². The van der Waals surface area contributed by atoms with Gasteiger partial charge in [-0.2, -0.15) is 5.10 Å². The molecule has 0 aromatic carbocycles. The van der Waals surface area contributed by atoms with Gasteiger partial charge < -0.3 is 11.1 Å². The lowest BCUT2D eigenvalue weighted by atomic mass is 10.3. The number of nitrogens with two attached hydrogens (primary N) is 1. The third kappa shape index (κ3) is 2.11. The van der Waals surface area contributed by atoms with E-state index >= 15 is 0 Å². The van der Waals surface area contributed by atoms with Crippen molar-refractivity contribution in [2.24, 2.45) is 0 Å². The SMILES string of the molecule is Cc1cn(C(C)C(=O)NC2CC2)nc1N. The highest BCUT2D eigenvalue weighted by Gasteiger charge is 2.26. The summed E-state index contributed by atoms with van der Waals surface area (Å²) < 4.78 is 1.61. The first-order valence-corrected chi connectivity index (χ1v) is 5.19. The summed E-state index contributed by atoms with van der Waals surface area (Å²) in [4.78, 5) is 11.7. The maximum absolute atomic E-state index is 11.7. The van der Waals surface area contributed by atoms with E-state index in [9.17, 15) is 4.79 Å². The molecule has 1 fully saturated rings. The molecule has 5 nitrogen and oxygen atoms in total. The molecule has 1 aromatic heterocycles. The summed E-state index contributed by atoms with van der Waals surface area (Å²) in [5.41, 5.74) is 6.53. The van der Waals surface area contributed by atoms with Crippen molar-refractivity contribution in [1.82, 2.24) is 15.1 Å². The number of nitrogen functional groups attached to an aromatic ring is 1. The Morgan fingerprint density at radius 3 is 2.87 bits per heavy atom. The van der Waals surface area contributed by atoms with Gasteiger partial charge in [0.25, 0.3) is 0 Å². The summed E-state index contributed by atoms with van der Waals surface area (Å²) in [6.07, 6.45) is 3.99. The zero-order valence-electron chi connectivity index (χ0n) is 9.03. The number of carbonyl (C=O) groups excluding carboxylic acids is 1. The second-order valence-corrected chi connectivity index (χ2v) is 4.14. The Balaban J connectivity index is 2.05. The van der Waals surface area contributed by atoms with Gasteiger partial charge in [0.2, 0.25) is 5.91 Å². The number of aryl methyl sites for hydroxylation is 1. The summed E-state index contributed by atoms with van der Waals surface area (Å²) in [6, 6.07) is 0.0931. The lowest BCUT2D eigenvalue weighted by Crippen LogP contribution is -2.32. The fraction of sp³-hybridized carbons (Fsp3) is 0.600. The van der Waals surface area contributed by atoms with E-state index in [0.29, 0.717) is 11.9 Å². The molecule has 3 N–H and O–H groups in total. The van der Waals surface area contributed by atoms with Crippen molar-refractivity contribution >= 4 is 11.7 Å². The molecule has 0 spiro atoms. The number of carbonyl (C=O) groups is 1. The summed E-state index contributed by atoms with van der Waals surface area (Å²) in [6.45, 7) is 3.70. The highest BCUT2D eigenvalue weighted by atomic mass is 16.2. The molecule has 1 saturated carbocycles. The van der Waals surface area contributed by atoms with E-state index < -0.39 is 0 Å². The lowest BCUT2D eigenvalue weighted by molar-refractivity contribution is -0.124. The number of hydrogen-bond donors (Lipinski definition) is 2. The molecule has 1 heterocycles. The second-order valence-electron chi connectivity index (χ2n) is 4.14. The zero-order chi connectivity index (χ0) is 11.0. The third-order valence-electron chi connectivity index (χ3n) is 2.65. The minimum atomic E-state index is -0.290. The van der Waals surface area contributed by atoms with Gasteiger partial charge in [-0.05, 0) is 26.7 Å². The average Bonchev–Trinajstić information content (AvgIpc) is 2.93. The molecule has 1 unspecified atom stereocenters. The Hall–Kier alpha value is -1.52. The molecule has 82 valence electrons. The van der Waals surface area contributed by atoms with Crippen molar-refractivity contribution in [2.45, 2.75) is 38.8 Å². The molecule has 2 rings (SSSR count). The molecule has 5 heteroatoms. The topological polar surface area (TPSA) is 72.9 Å². The van der Waals surface area contributed by atoms with E-state index in [1.807, 2.05) is 13.8 Å². The molecule has 15 heavy (non-hydrogen) atoms. The standard InChI is InChI=1S/C10H16N4O/c1-6-5-14(13-9(6)11)7(2)10(15)12-8-3-4-8/h5,7-8H,3-4H2,1-2H3,(H2,11,13)(H,12,15). The van der Waals surface area contributed by atoms with Crippen molar-refractivity contribution in [3.63, 3.8) is 0 Å². The van der Waals surface area contributed by atoms with Crippen LogP contribution >= 0.6 is 0 Å². The van der Waals surface area contributed by atoms with Crippen LogP contribution in [0, 0.1) is 6.92 Å². The zero-order valence-corrected chi connectivity index (χ0v) is 9.03. The van der Waals surface area contributed by atoms with Crippen molar-refractivity contribution in [3.8, 4) is 0 Å². The maximum atomic E-state index is 11.7. The van der Waals surface area contributed by atoms with Crippen molar-refractivity contribution in [2.75, 3.05) is 5.73 Å². The summed E-state index contributed by atoms with van der Waals surface area (Å²) in [5, 5.41) is 7.03. The lowest BCUT2D eigenvalue weighted by Gasteiger charge is -2.11. The van der Waals surface area contributed by atoms with E-state index in [1.165, 1.54) is 0 Å². The van der Waals surface area contributed by atoms with Crippen LogP contribution < -0.4 is 11.1 Å². The Morgan fingerprint density at radius 2 is 2.40 bits per heavy atom. The number of amides is 1. The monoisotopic (exact) mass is 208 g/mol. The van der Waals surface area contributed by atoms with Crippen LogP contribution in [0.15, 0.2) is 6.20 Å². The van der Waals surface area contributed by atoms with E-state index in [4.69, 9.17) is 5.73 Å². The predicted molar refractivity (Wildman–Crippen MR) is 57.3 cm³/mol. The average molecular weight is 208 g/mol. The minimum Gasteiger partial charge on any atom is -0.382 e. The fourth-order valence-electron chi connectivity index (χ4n) is 1.36. The van der Waals surface area contributed by atoms with Gasteiger partial charge in [-0.1, -0.05) is 0 Å². The number of rotatable bonds is 3. The van der Waals surface area contributed by atoms with Gasteiger partial charge in [-0.15, -0.1) is 0 Å². The van der Waals surface area contributed by atoms with Crippen LogP contribution in [0.25, 0.3) is 0 Å². The van der Waals surface area contributed by atoms with Crippen LogP contribution in [0.1, 0.15) is 31.4 Å². The molecule has 1 atom stereocenters. The number of nitrogens with zero attached hydrogens (tertiary/aromatic N) is 2. The van der Waals surface area contributed by atoms with Gasteiger partial charge in [0, 0.05) is 17.8 Å². The molecule has 1 amide bonds. The van der Waals surface area contributed by atoms with Crippen molar-refractivity contribution in [1.29, 1.82) is 0 Å². The predicted octanol–water partition coefficient (Wildman–Crippen LogP) is 0.613. The van der Waals surface area contributed by atoms with E-state index in [-0.39, 0.29) is 11.9 Å². The van der Waals surface area contributed by atoms with Gasteiger partial charge >= 0.3 is 0 Å². The molecule has 1 aliphatic carbocycles. The largest absolute Gasteiger partial charge is 0.382 e. The Morgan fingerprint density at radius 1 is 1.73 bits per heavy atom. The quantitative estimate of drug-likeness (QED) is 0.764. The maximum Gasteiger partial charge on any atom is 0.244 e. The third-order valence-corrected chi connectivity index (χ3v) is 2.65. The summed E-state index contributed by atoms with van der Waals surface area (Å²) in [7, 11) is 0. The summed E-state index contributed by atoms with van der Waals surface area (Å²) >= 11 is 0. The normalized spacial score (nSPS) is 17.5. The highest BCUT2D eigenvalue weighted by molar-refractivity contribution is 5.80. The fourth-order valence-corrected chi connectivity index (χ4v) is 1.36. The molecule has 0 bridgehead atoms. The van der Waals surface area contributed by atoms with Crippen LogP contribution in [0.5, 0.6) is 0 Å². The second kappa shape index (κ2) is 3.56. The van der Waals surface area contributed by atoms with Gasteiger partial charge in [-0.3, -0.25) is 9.48 Å².